The van der Waals surface area contributed by atoms with Crippen LogP contribution in [0, 0.1) is 0 Å². The topological polar surface area (TPSA) is 56.7 Å². The Morgan fingerprint density at radius 1 is 1.38 bits per heavy atom. The fourth-order valence-electron chi connectivity index (χ4n) is 2.42. The first-order valence-electron chi connectivity index (χ1n) is 7.41. The van der Waals surface area contributed by atoms with Gasteiger partial charge in [-0.05, 0) is 6.92 Å². The van der Waals surface area contributed by atoms with Crippen LogP contribution in [0.15, 0.2) is 5.38 Å². The summed E-state index contributed by atoms with van der Waals surface area (Å²) in [6.45, 7) is 12.6. The van der Waals surface area contributed by atoms with E-state index >= 15 is 0 Å². The summed E-state index contributed by atoms with van der Waals surface area (Å²) in [6, 6.07) is -0.390. The molecule has 21 heavy (non-hydrogen) atoms. The van der Waals surface area contributed by atoms with E-state index < -0.39 is 5.97 Å². The first-order valence-corrected chi connectivity index (χ1v) is 8.29. The van der Waals surface area contributed by atoms with Crippen molar-refractivity contribution in [3.8, 4) is 0 Å². The third-order valence-corrected chi connectivity index (χ3v) is 5.21. The van der Waals surface area contributed by atoms with Gasteiger partial charge in [0.05, 0.1) is 10.7 Å². The summed E-state index contributed by atoms with van der Waals surface area (Å²) >= 11 is 1.73. The molecule has 118 valence electrons. The Hall–Kier alpha value is -0.980. The van der Waals surface area contributed by atoms with Crippen LogP contribution in [0.2, 0.25) is 0 Å². The summed E-state index contributed by atoms with van der Waals surface area (Å²) in [5.74, 6) is -0.738. The smallest absolute Gasteiger partial charge is 0.320 e. The second kappa shape index (κ2) is 6.42. The van der Waals surface area contributed by atoms with E-state index in [0.717, 1.165) is 38.4 Å². The Morgan fingerprint density at radius 3 is 2.48 bits per heavy atom. The molecule has 2 heterocycles. The van der Waals surface area contributed by atoms with Crippen molar-refractivity contribution in [3.05, 3.63) is 16.1 Å². The summed E-state index contributed by atoms with van der Waals surface area (Å²) in [6.07, 6.45) is 0. The molecule has 0 aromatic carbocycles. The molecule has 1 N–H and O–H groups in total. The van der Waals surface area contributed by atoms with E-state index in [0.29, 0.717) is 0 Å². The highest BCUT2D eigenvalue weighted by atomic mass is 32.1. The number of hydrogen-bond donors (Lipinski definition) is 1. The third-order valence-electron chi connectivity index (χ3n) is 3.89. The van der Waals surface area contributed by atoms with E-state index in [1.54, 1.807) is 18.3 Å². The summed E-state index contributed by atoms with van der Waals surface area (Å²) in [4.78, 5) is 20.1. The Balaban J connectivity index is 1.86. The largest absolute Gasteiger partial charge is 0.480 e. The minimum Gasteiger partial charge on any atom is -0.480 e. The van der Waals surface area contributed by atoms with Gasteiger partial charge in [-0.3, -0.25) is 14.6 Å². The summed E-state index contributed by atoms with van der Waals surface area (Å²) in [5.41, 5.74) is 1.24. The molecule has 0 spiro atoms. The van der Waals surface area contributed by atoms with E-state index in [1.165, 1.54) is 5.01 Å². The van der Waals surface area contributed by atoms with Crippen LogP contribution in [0.3, 0.4) is 0 Å². The first kappa shape index (κ1) is 16.4. The number of rotatable bonds is 4. The Labute approximate surface area is 130 Å². The van der Waals surface area contributed by atoms with Crippen LogP contribution >= 0.6 is 11.3 Å². The molecule has 1 unspecified atom stereocenters. The van der Waals surface area contributed by atoms with Gasteiger partial charge in [0.15, 0.2) is 0 Å². The molecule has 0 aliphatic carbocycles. The van der Waals surface area contributed by atoms with Crippen molar-refractivity contribution in [1.82, 2.24) is 14.8 Å². The second-order valence-electron chi connectivity index (χ2n) is 6.72. The molecule has 1 aliphatic rings. The van der Waals surface area contributed by atoms with Crippen LogP contribution < -0.4 is 0 Å². The van der Waals surface area contributed by atoms with E-state index in [1.807, 2.05) is 4.90 Å². The van der Waals surface area contributed by atoms with Gasteiger partial charge in [-0.25, -0.2) is 4.98 Å². The van der Waals surface area contributed by atoms with Crippen molar-refractivity contribution in [2.24, 2.45) is 0 Å². The average Bonchev–Trinajstić information content (AvgIpc) is 2.87. The molecule has 5 nitrogen and oxygen atoms in total. The first-order chi connectivity index (χ1) is 9.77. The lowest BCUT2D eigenvalue weighted by Gasteiger charge is -2.36. The molecule has 1 saturated heterocycles. The highest BCUT2D eigenvalue weighted by molar-refractivity contribution is 7.09. The van der Waals surface area contributed by atoms with Crippen molar-refractivity contribution in [2.45, 2.75) is 45.7 Å². The molecule has 2 rings (SSSR count). The zero-order valence-electron chi connectivity index (χ0n) is 13.3. The molecular weight excluding hydrogens is 286 g/mol. The maximum Gasteiger partial charge on any atom is 0.320 e. The Bertz CT molecular complexity index is 487. The SMILES string of the molecule is CC(C(=O)O)N1CCN(Cc2csc(C(C)(C)C)n2)CC1. The van der Waals surface area contributed by atoms with Gasteiger partial charge in [-0.2, -0.15) is 0 Å². The lowest BCUT2D eigenvalue weighted by molar-refractivity contribution is -0.143. The van der Waals surface area contributed by atoms with Crippen molar-refractivity contribution in [2.75, 3.05) is 26.2 Å². The highest BCUT2D eigenvalue weighted by Gasteiger charge is 2.25. The standard InChI is InChI=1S/C15H25N3O2S/c1-11(13(19)20)18-7-5-17(6-8-18)9-12-10-21-14(16-12)15(2,3)4/h10-11H,5-9H2,1-4H3,(H,19,20). The molecule has 0 radical (unpaired) electrons. The van der Waals surface area contributed by atoms with Crippen molar-refractivity contribution < 1.29 is 9.90 Å². The number of aromatic nitrogens is 1. The van der Waals surface area contributed by atoms with E-state index in [-0.39, 0.29) is 11.5 Å². The van der Waals surface area contributed by atoms with Gasteiger partial charge < -0.3 is 5.11 Å². The van der Waals surface area contributed by atoms with Crippen molar-refractivity contribution in [1.29, 1.82) is 0 Å². The number of carboxylic acid groups (broad SMARTS) is 1. The summed E-state index contributed by atoms with van der Waals surface area (Å²) < 4.78 is 0. The van der Waals surface area contributed by atoms with Gasteiger partial charge in [0, 0.05) is 43.5 Å². The van der Waals surface area contributed by atoms with Crippen LogP contribution in [-0.4, -0.2) is 58.1 Å². The van der Waals surface area contributed by atoms with E-state index in [9.17, 15) is 4.79 Å². The van der Waals surface area contributed by atoms with Gasteiger partial charge in [0.2, 0.25) is 0 Å². The van der Waals surface area contributed by atoms with Crippen molar-refractivity contribution >= 4 is 17.3 Å². The maximum atomic E-state index is 11.0. The molecule has 1 fully saturated rings. The Morgan fingerprint density at radius 2 is 2.00 bits per heavy atom. The molecule has 0 saturated carbocycles. The maximum absolute atomic E-state index is 11.0. The van der Waals surface area contributed by atoms with Gasteiger partial charge in [0.25, 0.3) is 0 Å². The fourth-order valence-corrected chi connectivity index (χ4v) is 3.32. The van der Waals surface area contributed by atoms with Gasteiger partial charge in [0.1, 0.15) is 6.04 Å². The average molecular weight is 311 g/mol. The Kier molecular flexibility index (Phi) is 5.01. The zero-order valence-corrected chi connectivity index (χ0v) is 14.1. The van der Waals surface area contributed by atoms with Gasteiger partial charge >= 0.3 is 5.97 Å². The van der Waals surface area contributed by atoms with Gasteiger partial charge in [-0.1, -0.05) is 20.8 Å². The van der Waals surface area contributed by atoms with Crippen LogP contribution in [-0.2, 0) is 16.8 Å². The predicted molar refractivity (Wildman–Crippen MR) is 84.8 cm³/mol. The third kappa shape index (κ3) is 4.25. The monoisotopic (exact) mass is 311 g/mol. The number of piperazine rings is 1. The molecule has 1 aliphatic heterocycles. The fraction of sp³-hybridized carbons (Fsp3) is 0.733. The number of carbonyl (C=O) groups is 1. The molecule has 1 atom stereocenters. The van der Waals surface area contributed by atoms with Crippen LogP contribution in [0.5, 0.6) is 0 Å². The normalized spacial score (nSPS) is 19.6. The predicted octanol–water partition coefficient (Wildman–Crippen LogP) is 2.03. The van der Waals surface area contributed by atoms with Crippen LogP contribution in [0.1, 0.15) is 38.4 Å². The zero-order chi connectivity index (χ0) is 15.6. The number of nitrogens with zero attached hydrogens (tertiary/aromatic N) is 3. The van der Waals surface area contributed by atoms with Crippen molar-refractivity contribution in [3.63, 3.8) is 0 Å². The summed E-state index contributed by atoms with van der Waals surface area (Å²) in [5, 5.41) is 12.4. The molecule has 1 aromatic heterocycles. The second-order valence-corrected chi connectivity index (χ2v) is 7.58. The molecule has 0 bridgehead atoms. The van der Waals surface area contributed by atoms with E-state index in [2.05, 4.69) is 31.1 Å². The molecular formula is C15H25N3O2S. The molecule has 6 heteroatoms. The minimum absolute atomic E-state index is 0.110. The lowest BCUT2D eigenvalue weighted by Crippen LogP contribution is -2.51. The molecule has 1 aromatic rings. The quantitative estimate of drug-likeness (QED) is 0.922. The van der Waals surface area contributed by atoms with E-state index in [4.69, 9.17) is 10.1 Å². The number of thiazole rings is 1. The van der Waals surface area contributed by atoms with Crippen LogP contribution in [0.4, 0.5) is 0 Å². The highest BCUT2D eigenvalue weighted by Crippen LogP contribution is 2.26. The lowest BCUT2D eigenvalue weighted by atomic mass is 9.98. The summed E-state index contributed by atoms with van der Waals surface area (Å²) in [7, 11) is 0. The minimum atomic E-state index is -0.738. The number of aliphatic carboxylic acids is 1. The molecule has 0 amide bonds. The number of hydrogen-bond acceptors (Lipinski definition) is 5. The van der Waals surface area contributed by atoms with Crippen LogP contribution in [0.25, 0.3) is 0 Å². The number of carboxylic acids is 1. The van der Waals surface area contributed by atoms with Gasteiger partial charge in [-0.15, -0.1) is 11.3 Å².